The first-order valence-electron chi connectivity index (χ1n) is 61.0. The zero-order valence-electron chi connectivity index (χ0n) is 93.5. The van der Waals surface area contributed by atoms with E-state index in [-0.39, 0.29) is 107 Å². The summed E-state index contributed by atoms with van der Waals surface area (Å²) in [5.41, 5.74) is 15.1. The highest BCUT2D eigenvalue weighted by Gasteiger charge is 2.32. The molecule has 6 aromatic carbocycles. The second-order valence-electron chi connectivity index (χ2n) is 46.1. The summed E-state index contributed by atoms with van der Waals surface area (Å²) in [5.74, 6) is 1.15. The number of phenols is 6. The number of hydrogen-bond donors (Lipinski definition) is 6. The van der Waals surface area contributed by atoms with Gasteiger partial charge < -0.3 is 30.6 Å². The second kappa shape index (κ2) is 66.3. The molecule has 0 aromatic heterocycles. The Morgan fingerprint density at radius 2 is 0.267 bits per heavy atom. The monoisotopic (exact) mass is 2040 g/mol. The van der Waals surface area contributed by atoms with Gasteiger partial charge in [0.1, 0.15) is 34.5 Å². The van der Waals surface area contributed by atoms with E-state index in [1.807, 2.05) is 94.5 Å². The van der Waals surface area contributed by atoms with Gasteiger partial charge in [-0.15, -0.1) is 0 Å². The minimum atomic E-state index is -0.0457. The highest BCUT2D eigenvalue weighted by atomic mass is 16.3. The van der Waals surface area contributed by atoms with Crippen LogP contribution in [0.1, 0.15) is 525 Å². The molecule has 12 atom stereocenters. The zero-order valence-corrected chi connectivity index (χ0v) is 93.5. The third kappa shape index (κ3) is 39.3. The first kappa shape index (κ1) is 117. The Morgan fingerprint density at radius 1 is 0.160 bits per heavy atom. The zero-order chi connectivity index (χ0) is 105. The van der Waals surface area contributed by atoms with Crippen molar-refractivity contribution in [1.82, 2.24) is 0 Å². The minimum Gasteiger partial charge on any atom is -0.507 e. The van der Waals surface area contributed by atoms with Crippen LogP contribution in [0.25, 0.3) is 0 Å². The number of rotatable bonds is 42. The first-order valence-corrected chi connectivity index (χ1v) is 61.0. The number of unbranched alkanes of at least 4 members (excludes halogenated alkanes) is 36. The van der Waals surface area contributed by atoms with Gasteiger partial charge in [-0.05, 0) is 243 Å². The fourth-order valence-electron chi connectivity index (χ4n) is 24.1. The van der Waals surface area contributed by atoms with Gasteiger partial charge in [-0.3, -0.25) is 59.9 Å². The Balaban J connectivity index is 0.000000291. The molecule has 6 aliphatic carbocycles. The van der Waals surface area contributed by atoms with Crippen LogP contribution in [-0.2, 0) is 19.3 Å². The SMILES string of the molecule is CCCCCCCCCCCCCCCc1cc2c(O)c(c1)C=NC1CCCCC1N=Cc1cc(CCCCCCCCCCCCCCC)cc(c1O)C=NC1CCCCC1N=Cc1cc(CCCCCCCCCCCCCCC)cc(c1O)C=NC1CCCCC1N=C2.Cc1cc2c(O)c(c1)C=NC1CCCCC1N=Cc1cc(C)cc(c1O)C=NC1CCCCC1N=Cc1cc(C)cc(c1O)C=NC1CCCCC1N=C2. The molecule has 2 aliphatic heterocycles. The van der Waals surface area contributed by atoms with Crippen LogP contribution in [0.2, 0.25) is 0 Å². The van der Waals surface area contributed by atoms with E-state index in [2.05, 4.69) is 57.2 Å². The highest BCUT2D eigenvalue weighted by Crippen LogP contribution is 2.39. The summed E-state index contributed by atoms with van der Waals surface area (Å²) in [6, 6.07) is 24.3. The van der Waals surface area contributed by atoms with Crippen molar-refractivity contribution in [2.45, 2.75) is 538 Å². The van der Waals surface area contributed by atoms with Gasteiger partial charge in [0.2, 0.25) is 0 Å². The van der Waals surface area contributed by atoms with Gasteiger partial charge in [0.05, 0.1) is 72.5 Å². The highest BCUT2D eigenvalue weighted by molar-refractivity contribution is 5.97. The molecule has 0 amide bonds. The average molecular weight is 2040 g/mol. The normalized spacial score (nSPS) is 22.1. The maximum Gasteiger partial charge on any atom is 0.133 e. The molecule has 0 saturated heterocycles. The van der Waals surface area contributed by atoms with E-state index >= 15 is 0 Å². The van der Waals surface area contributed by atoms with Crippen molar-refractivity contribution < 1.29 is 30.6 Å². The number of aryl methyl sites for hydroxylation is 6. The number of phenolic OH excluding ortho intramolecular Hbond substituents is 6. The van der Waals surface area contributed by atoms with Crippen molar-refractivity contribution >= 4 is 74.6 Å². The summed E-state index contributed by atoms with van der Waals surface area (Å²) in [6.45, 7) is 12.9. The average Bonchev–Trinajstić information content (AvgIpc) is 0.881. The van der Waals surface area contributed by atoms with Gasteiger partial charge in [-0.25, -0.2) is 0 Å². The van der Waals surface area contributed by atoms with E-state index in [0.717, 1.165) is 243 Å². The van der Waals surface area contributed by atoms with E-state index < -0.39 is 0 Å². The molecule has 6 saturated carbocycles. The largest absolute Gasteiger partial charge is 0.507 e. The van der Waals surface area contributed by atoms with Crippen molar-refractivity contribution in [3.05, 3.63) is 173 Å². The standard InChI is InChI=1S/C87H138N6O3.C45H54N6O3/c1-4-7-10-13-16-19-22-25-28-31-34-37-40-49-70-58-73-64-88-79-52-43-45-54-81(79)90-66-75-60-71(50-41-38-35-32-29-26-23-20-17-14-11-8-5-2)62-77(86(75)95)68-92-83-56-47-48-57-84(83)93-69-78-63-72(51-42-39-36-33-30-27-24-21-18-15-12-9-6-3)61-76(87(78)96)67-91-82-55-46-44-53-80(82)89-65-74(59-70)85(73)94;1-28-16-31-22-46-37-10-4-6-12-39(37)48-24-33-18-29(2)20-35(44(33)53)26-50-41-14-8-9-15-42(41)51-27-36-21-30(3)19-34(45(36)54)25-49-40-13-7-5-11-38(40)47-23-32(17-28)43(31)52/h58-69,79-84,94-96H,4-57H2,1-3H3;16-27,37-42,52-54H,4-15H2,1-3H3. The van der Waals surface area contributed by atoms with Crippen LogP contribution in [0.4, 0.5) is 0 Å². The molecule has 14 rings (SSSR count). The molecule has 6 fully saturated rings. The van der Waals surface area contributed by atoms with Crippen LogP contribution in [0, 0.1) is 20.8 Å². The Morgan fingerprint density at radius 3 is 0.387 bits per heavy atom. The van der Waals surface area contributed by atoms with E-state index in [4.69, 9.17) is 59.9 Å². The van der Waals surface area contributed by atoms with Crippen molar-refractivity contribution in [1.29, 1.82) is 0 Å². The Kier molecular flexibility index (Phi) is 51.8. The van der Waals surface area contributed by atoms with Crippen molar-refractivity contribution in [3.8, 4) is 34.5 Å². The molecule has 6 N–H and O–H groups in total. The predicted molar refractivity (Wildman–Crippen MR) is 638 cm³/mol. The fraction of sp³-hybridized carbons (Fsp3) is 0.636. The van der Waals surface area contributed by atoms with E-state index in [1.54, 1.807) is 37.3 Å². The van der Waals surface area contributed by atoms with Gasteiger partial charge in [0.25, 0.3) is 0 Å². The Labute approximate surface area is 904 Å². The van der Waals surface area contributed by atoms with Gasteiger partial charge in [0.15, 0.2) is 0 Å². The summed E-state index contributed by atoms with van der Waals surface area (Å²) in [4.78, 5) is 61.9. The summed E-state index contributed by atoms with van der Waals surface area (Å²) in [6.07, 6.45) is 101. The number of hydrogen-bond acceptors (Lipinski definition) is 18. The molecule has 8 aliphatic rings. The molecule has 816 valence electrons. The summed E-state index contributed by atoms with van der Waals surface area (Å²) in [7, 11) is 0. The Hall–Kier alpha value is -9.84. The number of benzene rings is 6. The van der Waals surface area contributed by atoms with E-state index in [0.29, 0.717) is 33.4 Å². The molecule has 6 aromatic rings. The van der Waals surface area contributed by atoms with Gasteiger partial charge in [0, 0.05) is 141 Å². The lowest BCUT2D eigenvalue weighted by atomic mass is 9.90. The van der Waals surface area contributed by atoms with Crippen LogP contribution >= 0.6 is 0 Å². The molecular formula is C132H192N12O6. The molecular weight excluding hydrogens is 1850 g/mol. The molecule has 12 unspecified atom stereocenters. The molecule has 150 heavy (non-hydrogen) atoms. The lowest BCUT2D eigenvalue weighted by Crippen LogP contribution is -2.27. The smallest absolute Gasteiger partial charge is 0.133 e. The molecule has 18 nitrogen and oxygen atoms in total. The molecule has 18 heteroatoms. The Bertz CT molecular complexity index is 4640. The molecule has 0 radical (unpaired) electrons. The van der Waals surface area contributed by atoms with Crippen LogP contribution in [-0.4, -0.2) is 178 Å². The van der Waals surface area contributed by atoms with Crippen molar-refractivity contribution in [2.75, 3.05) is 0 Å². The first-order chi connectivity index (χ1) is 73.5. The second-order valence-corrected chi connectivity index (χ2v) is 46.1. The predicted octanol–water partition coefficient (Wildman–Crippen LogP) is 33.2. The lowest BCUT2D eigenvalue weighted by Gasteiger charge is -2.26. The van der Waals surface area contributed by atoms with E-state index in [9.17, 15) is 30.6 Å². The van der Waals surface area contributed by atoms with Crippen LogP contribution in [0.5, 0.6) is 34.5 Å². The molecule has 2 heterocycles. The van der Waals surface area contributed by atoms with Crippen LogP contribution < -0.4 is 0 Å². The lowest BCUT2D eigenvalue weighted by molar-refractivity contribution is 0.389. The quantitative estimate of drug-likeness (QED) is 0.0203. The third-order valence-corrected chi connectivity index (χ3v) is 33.4. The van der Waals surface area contributed by atoms with Gasteiger partial charge in [-0.1, -0.05) is 329 Å². The van der Waals surface area contributed by atoms with Crippen LogP contribution in [0.3, 0.4) is 0 Å². The van der Waals surface area contributed by atoms with Gasteiger partial charge in [-0.2, -0.15) is 0 Å². The number of aromatic hydroxyl groups is 6. The molecule has 12 bridgehead atoms. The number of nitrogens with zero attached hydrogens (tertiary/aromatic N) is 12. The maximum atomic E-state index is 12.2. The van der Waals surface area contributed by atoms with Gasteiger partial charge >= 0.3 is 0 Å². The van der Waals surface area contributed by atoms with Crippen molar-refractivity contribution in [2.24, 2.45) is 59.9 Å². The van der Waals surface area contributed by atoms with Crippen LogP contribution in [0.15, 0.2) is 133 Å². The minimum absolute atomic E-state index is 0.0317. The maximum absolute atomic E-state index is 12.2. The molecule has 0 spiro atoms. The van der Waals surface area contributed by atoms with Crippen molar-refractivity contribution in [3.63, 3.8) is 0 Å². The van der Waals surface area contributed by atoms with E-state index in [1.165, 1.54) is 248 Å². The summed E-state index contributed by atoms with van der Waals surface area (Å²) >= 11 is 0. The fourth-order valence-corrected chi connectivity index (χ4v) is 24.1. The summed E-state index contributed by atoms with van der Waals surface area (Å²) < 4.78 is 0. The number of aliphatic imine (C=N–C) groups is 12. The third-order valence-electron chi connectivity index (χ3n) is 33.4. The summed E-state index contributed by atoms with van der Waals surface area (Å²) in [5, 5.41) is 71.0. The number of fused-ring (bicyclic) bond motifs is 18. The topological polar surface area (TPSA) is 270 Å².